The molecular formula is C36H60O4. The maximum atomic E-state index is 14.4. The van der Waals surface area contributed by atoms with Gasteiger partial charge in [0.15, 0.2) is 5.78 Å². The Kier molecular flexibility index (Phi) is 7.35. The van der Waals surface area contributed by atoms with Crippen molar-refractivity contribution in [3.8, 4) is 0 Å². The van der Waals surface area contributed by atoms with Crippen LogP contribution in [-0.2, 0) is 19.1 Å². The number of ether oxygens (including phenoxy) is 1. The van der Waals surface area contributed by atoms with Gasteiger partial charge in [-0.3, -0.25) is 14.4 Å². The molecule has 5 aliphatic rings. The van der Waals surface area contributed by atoms with Gasteiger partial charge in [-0.1, -0.05) is 73.3 Å². The van der Waals surface area contributed by atoms with Crippen LogP contribution in [0.1, 0.15) is 142 Å². The minimum atomic E-state index is -0.494. The highest BCUT2D eigenvalue weighted by atomic mass is 16.5. The zero-order valence-electron chi connectivity index (χ0n) is 26.8. The number of esters is 1. The number of unbranched alkanes of at least 4 members (excludes halogenated alkanes) is 3. The van der Waals surface area contributed by atoms with Gasteiger partial charge in [-0.2, -0.15) is 0 Å². The lowest BCUT2D eigenvalue weighted by Gasteiger charge is -2.69. The first kappa shape index (κ1) is 30.0. The summed E-state index contributed by atoms with van der Waals surface area (Å²) in [7, 11) is 0. The largest absolute Gasteiger partial charge is 0.465 e. The van der Waals surface area contributed by atoms with E-state index in [0.717, 1.165) is 64.2 Å². The smallest absolute Gasteiger partial charge is 0.311 e. The molecule has 4 fully saturated rings. The van der Waals surface area contributed by atoms with Crippen LogP contribution in [0.5, 0.6) is 0 Å². The molecule has 8 atom stereocenters. The SMILES string of the molecule is CCCCCCOC(=O)[C@@]1(C)CC[C@]2(C)CC[C@]3(C)C(=CC(=O)C4[C@@]5(C)CCC(=O)C(C)(C)C5CC[C@]43C)[C@H]2C1.[HH].[HH]. The average Bonchev–Trinajstić information content (AvgIpc) is 2.88. The van der Waals surface area contributed by atoms with Crippen molar-refractivity contribution in [1.82, 2.24) is 0 Å². The lowest BCUT2D eigenvalue weighted by Crippen LogP contribution is -2.66. The fourth-order valence-electron chi connectivity index (χ4n) is 11.0. The van der Waals surface area contributed by atoms with Crippen molar-refractivity contribution in [2.75, 3.05) is 6.61 Å². The maximum absolute atomic E-state index is 14.4. The predicted molar refractivity (Wildman–Crippen MR) is 164 cm³/mol. The summed E-state index contributed by atoms with van der Waals surface area (Å²) in [6, 6.07) is 0. The first-order valence-corrected chi connectivity index (χ1v) is 16.6. The minimum Gasteiger partial charge on any atom is -0.465 e. The fraction of sp³-hybridized carbons (Fsp3) is 0.861. The van der Waals surface area contributed by atoms with Gasteiger partial charge in [-0.05, 0) is 104 Å². The molecule has 40 heavy (non-hydrogen) atoms. The number of carbonyl (C=O) groups is 3. The molecule has 0 saturated heterocycles. The number of fused-ring (bicyclic) bond motifs is 7. The molecule has 0 N–H and O–H groups in total. The fourth-order valence-corrected chi connectivity index (χ4v) is 11.0. The van der Waals surface area contributed by atoms with E-state index in [9.17, 15) is 14.4 Å². The number of Topliss-reactive ketones (excluding diaryl/α,β-unsaturated/α-hetero) is 1. The Balaban J connectivity index is 0.00000242. The summed E-state index contributed by atoms with van der Waals surface area (Å²) in [5, 5.41) is 0. The lowest BCUT2D eigenvalue weighted by molar-refractivity contribution is -0.188. The first-order chi connectivity index (χ1) is 18.6. The monoisotopic (exact) mass is 556 g/mol. The highest BCUT2D eigenvalue weighted by molar-refractivity contribution is 5.96. The molecule has 4 saturated carbocycles. The molecule has 0 radical (unpaired) electrons. The zero-order chi connectivity index (χ0) is 29.4. The van der Waals surface area contributed by atoms with E-state index in [1.165, 1.54) is 18.4 Å². The van der Waals surface area contributed by atoms with Crippen molar-refractivity contribution in [3.05, 3.63) is 11.6 Å². The molecule has 0 spiro atoms. The third kappa shape index (κ3) is 4.15. The number of carbonyl (C=O) groups excluding carboxylic acids is 3. The molecule has 2 unspecified atom stereocenters. The van der Waals surface area contributed by atoms with Crippen molar-refractivity contribution in [1.29, 1.82) is 0 Å². The summed E-state index contributed by atoms with van der Waals surface area (Å²) >= 11 is 0. The number of hydrogen-bond donors (Lipinski definition) is 0. The van der Waals surface area contributed by atoms with Gasteiger partial charge in [0, 0.05) is 20.6 Å². The van der Waals surface area contributed by atoms with Crippen LogP contribution in [0.2, 0.25) is 0 Å². The topological polar surface area (TPSA) is 60.4 Å². The summed E-state index contributed by atoms with van der Waals surface area (Å²) in [4.78, 5) is 40.9. The van der Waals surface area contributed by atoms with Crippen molar-refractivity contribution in [2.24, 2.45) is 50.2 Å². The Morgan fingerprint density at radius 2 is 1.62 bits per heavy atom. The molecule has 0 amide bonds. The number of ketones is 2. The van der Waals surface area contributed by atoms with Gasteiger partial charge < -0.3 is 4.74 Å². The van der Waals surface area contributed by atoms with Gasteiger partial charge in [-0.25, -0.2) is 0 Å². The van der Waals surface area contributed by atoms with E-state index in [0.29, 0.717) is 24.6 Å². The second-order valence-electron chi connectivity index (χ2n) is 16.6. The van der Waals surface area contributed by atoms with Gasteiger partial charge in [-0.15, -0.1) is 0 Å². The van der Waals surface area contributed by atoms with Crippen LogP contribution in [-0.4, -0.2) is 24.1 Å². The van der Waals surface area contributed by atoms with Gasteiger partial charge >= 0.3 is 5.97 Å². The normalized spacial score (nSPS) is 45.9. The second kappa shape index (κ2) is 9.80. The number of hydrogen-bond acceptors (Lipinski definition) is 4. The summed E-state index contributed by atoms with van der Waals surface area (Å²) in [5.74, 6) is 1.06. The molecule has 0 aromatic carbocycles. The Labute approximate surface area is 246 Å². The molecule has 5 rings (SSSR count). The van der Waals surface area contributed by atoms with E-state index in [4.69, 9.17) is 4.74 Å². The Bertz CT molecular complexity index is 1110. The average molecular weight is 557 g/mol. The van der Waals surface area contributed by atoms with Crippen LogP contribution in [0, 0.1) is 50.2 Å². The molecule has 228 valence electrons. The van der Waals surface area contributed by atoms with Crippen LogP contribution in [0.25, 0.3) is 0 Å². The highest BCUT2D eigenvalue weighted by Gasteiger charge is 2.70. The zero-order valence-corrected chi connectivity index (χ0v) is 26.8. The van der Waals surface area contributed by atoms with Gasteiger partial charge in [0.2, 0.25) is 0 Å². The molecule has 0 bridgehead atoms. The van der Waals surface area contributed by atoms with Crippen LogP contribution in [0.15, 0.2) is 11.6 Å². The second-order valence-corrected chi connectivity index (χ2v) is 16.6. The molecule has 5 aliphatic carbocycles. The summed E-state index contributed by atoms with van der Waals surface area (Å²) < 4.78 is 5.88. The molecule has 4 heteroatoms. The van der Waals surface area contributed by atoms with E-state index >= 15 is 0 Å². The van der Waals surface area contributed by atoms with Gasteiger partial charge in [0.25, 0.3) is 0 Å². The Morgan fingerprint density at radius 3 is 2.33 bits per heavy atom. The summed E-state index contributed by atoms with van der Waals surface area (Å²) in [6.45, 7) is 18.7. The third-order valence-corrected chi connectivity index (χ3v) is 14.0. The lowest BCUT2D eigenvalue weighted by atomic mass is 9.33. The van der Waals surface area contributed by atoms with Crippen LogP contribution >= 0.6 is 0 Å². The van der Waals surface area contributed by atoms with E-state index in [1.807, 2.05) is 0 Å². The van der Waals surface area contributed by atoms with Gasteiger partial charge in [0.05, 0.1) is 12.0 Å². The maximum Gasteiger partial charge on any atom is 0.311 e. The quantitative estimate of drug-likeness (QED) is 0.242. The molecule has 4 nitrogen and oxygen atoms in total. The number of rotatable bonds is 6. The van der Waals surface area contributed by atoms with E-state index < -0.39 is 5.41 Å². The van der Waals surface area contributed by atoms with Gasteiger partial charge in [0.1, 0.15) is 5.78 Å². The van der Waals surface area contributed by atoms with Crippen molar-refractivity contribution < 1.29 is 22.0 Å². The van der Waals surface area contributed by atoms with Crippen molar-refractivity contribution in [3.63, 3.8) is 0 Å². The van der Waals surface area contributed by atoms with Crippen LogP contribution in [0.4, 0.5) is 0 Å². The molecule has 0 aromatic rings. The van der Waals surface area contributed by atoms with Crippen molar-refractivity contribution >= 4 is 17.5 Å². The highest BCUT2D eigenvalue weighted by Crippen LogP contribution is 2.74. The molecule has 0 aliphatic heterocycles. The Hall–Kier alpha value is -1.45. The molecule has 0 heterocycles. The van der Waals surface area contributed by atoms with E-state index in [2.05, 4.69) is 61.5 Å². The van der Waals surface area contributed by atoms with Crippen molar-refractivity contribution in [2.45, 2.75) is 139 Å². The standard InChI is InChI=1S/C36H56O4.2H2/c1-9-10-11-12-21-40-30(39)33(5)18-17-32(4)19-20-35(7)24(25(32)23-33)22-26(37)29-34(6)15-14-28(38)31(2,3)27(34)13-16-36(29,35)8;;/h22,25,27,29H,9-21,23H2,1-8H3;2*1H/t25-,27?,29?,32-,33+,34+,35-,36-;;/m1../s1. The van der Waals surface area contributed by atoms with E-state index in [1.54, 1.807) is 0 Å². The first-order valence-electron chi connectivity index (χ1n) is 16.6. The van der Waals surface area contributed by atoms with Crippen LogP contribution < -0.4 is 0 Å². The number of allylic oxidation sites excluding steroid dienone is 2. The third-order valence-electron chi connectivity index (χ3n) is 14.0. The van der Waals surface area contributed by atoms with Crippen LogP contribution in [0.3, 0.4) is 0 Å². The Morgan fingerprint density at radius 1 is 0.925 bits per heavy atom. The summed E-state index contributed by atoms with van der Waals surface area (Å²) in [5.41, 5.74) is 0.230. The summed E-state index contributed by atoms with van der Waals surface area (Å²) in [6.07, 6.45) is 14.8. The van der Waals surface area contributed by atoms with E-state index in [-0.39, 0.29) is 53.7 Å². The molecule has 0 aromatic heterocycles. The minimum absolute atomic E-state index is 0. The predicted octanol–water partition coefficient (Wildman–Crippen LogP) is 9.15. The molecular weight excluding hydrogens is 496 g/mol.